The number of amides is 1. The normalized spacial score (nSPS) is 12.6. The first-order valence-corrected chi connectivity index (χ1v) is 5.95. The molecular formula is C11H14F2N2OS. The van der Waals surface area contributed by atoms with Crippen molar-refractivity contribution in [2.24, 2.45) is 11.8 Å². The zero-order valence-electron chi connectivity index (χ0n) is 9.54. The van der Waals surface area contributed by atoms with Crippen molar-refractivity contribution in [2.45, 2.75) is 24.0 Å². The van der Waals surface area contributed by atoms with Crippen molar-refractivity contribution < 1.29 is 13.6 Å². The number of carbonyl (C=O) groups excluding carboxylic acids is 1. The lowest BCUT2D eigenvalue weighted by molar-refractivity contribution is -0.121. The molecule has 0 saturated carbocycles. The van der Waals surface area contributed by atoms with E-state index in [-0.39, 0.29) is 16.7 Å². The van der Waals surface area contributed by atoms with E-state index in [1.54, 1.807) is 0 Å². The number of hydrazine groups is 1. The van der Waals surface area contributed by atoms with Gasteiger partial charge in [-0.1, -0.05) is 13.8 Å². The zero-order valence-corrected chi connectivity index (χ0v) is 10.4. The van der Waals surface area contributed by atoms with Gasteiger partial charge in [-0.25, -0.2) is 14.6 Å². The Morgan fingerprint density at radius 1 is 1.41 bits per heavy atom. The quantitative estimate of drug-likeness (QED) is 0.377. The number of rotatable bonds is 4. The van der Waals surface area contributed by atoms with E-state index in [4.69, 9.17) is 5.84 Å². The first-order chi connectivity index (χ1) is 7.95. The monoisotopic (exact) mass is 260 g/mol. The molecule has 17 heavy (non-hydrogen) atoms. The third kappa shape index (κ3) is 3.67. The van der Waals surface area contributed by atoms with Gasteiger partial charge < -0.3 is 0 Å². The lowest BCUT2D eigenvalue weighted by atomic mass is 10.1. The molecule has 0 bridgehead atoms. The minimum atomic E-state index is -0.675. The number of hydrogen-bond acceptors (Lipinski definition) is 3. The van der Waals surface area contributed by atoms with Crippen LogP contribution in [0, 0.1) is 17.6 Å². The van der Waals surface area contributed by atoms with Crippen LogP contribution in [0.2, 0.25) is 0 Å². The molecule has 0 heterocycles. The van der Waals surface area contributed by atoms with Crippen LogP contribution in [0.4, 0.5) is 8.78 Å². The van der Waals surface area contributed by atoms with E-state index in [0.29, 0.717) is 0 Å². The van der Waals surface area contributed by atoms with Gasteiger partial charge in [0.2, 0.25) is 5.91 Å². The molecule has 3 N–H and O–H groups in total. The summed E-state index contributed by atoms with van der Waals surface area (Å²) >= 11 is 1.03. The van der Waals surface area contributed by atoms with Crippen molar-refractivity contribution in [2.75, 3.05) is 0 Å². The lowest BCUT2D eigenvalue weighted by Gasteiger charge is -2.18. The molecule has 0 spiro atoms. The predicted molar refractivity (Wildman–Crippen MR) is 63.2 cm³/mol. The highest BCUT2D eigenvalue weighted by Gasteiger charge is 2.24. The maximum atomic E-state index is 13.4. The second-order valence-corrected chi connectivity index (χ2v) is 5.05. The maximum absolute atomic E-state index is 13.4. The molecule has 0 aromatic heterocycles. The van der Waals surface area contributed by atoms with Gasteiger partial charge in [0.25, 0.3) is 0 Å². The van der Waals surface area contributed by atoms with Gasteiger partial charge in [0.05, 0.1) is 5.25 Å². The highest BCUT2D eigenvalue weighted by atomic mass is 32.2. The zero-order chi connectivity index (χ0) is 13.0. The van der Waals surface area contributed by atoms with Gasteiger partial charge in [-0.05, 0) is 18.1 Å². The minimum absolute atomic E-state index is 0.0204. The highest BCUT2D eigenvalue weighted by Crippen LogP contribution is 2.30. The molecule has 1 amide bonds. The average molecular weight is 260 g/mol. The van der Waals surface area contributed by atoms with Crippen molar-refractivity contribution in [3.63, 3.8) is 0 Å². The number of nitrogens with one attached hydrogen (secondary N) is 1. The molecule has 6 heteroatoms. The number of hydrogen-bond donors (Lipinski definition) is 2. The van der Waals surface area contributed by atoms with Crippen LogP contribution >= 0.6 is 11.8 Å². The van der Waals surface area contributed by atoms with Crippen molar-refractivity contribution in [1.29, 1.82) is 0 Å². The van der Waals surface area contributed by atoms with Crippen LogP contribution in [0.25, 0.3) is 0 Å². The maximum Gasteiger partial charge on any atom is 0.247 e. The Bertz CT molecular complexity index is 412. The molecular weight excluding hydrogens is 246 g/mol. The van der Waals surface area contributed by atoms with E-state index in [9.17, 15) is 13.6 Å². The van der Waals surface area contributed by atoms with E-state index in [0.717, 1.165) is 23.9 Å². The van der Waals surface area contributed by atoms with Crippen LogP contribution in [0.15, 0.2) is 23.1 Å². The summed E-state index contributed by atoms with van der Waals surface area (Å²) in [5.41, 5.74) is 2.04. The Morgan fingerprint density at radius 3 is 2.53 bits per heavy atom. The molecule has 1 aromatic rings. The summed E-state index contributed by atoms with van der Waals surface area (Å²) < 4.78 is 26.1. The number of nitrogens with two attached hydrogens (primary N) is 1. The second-order valence-electron chi connectivity index (χ2n) is 3.87. The van der Waals surface area contributed by atoms with Crippen molar-refractivity contribution in [3.8, 4) is 0 Å². The molecule has 94 valence electrons. The first kappa shape index (κ1) is 13.9. The summed E-state index contributed by atoms with van der Waals surface area (Å²) in [5.74, 6) is 3.34. The fourth-order valence-electron chi connectivity index (χ4n) is 1.28. The van der Waals surface area contributed by atoms with Crippen molar-refractivity contribution >= 4 is 17.7 Å². The van der Waals surface area contributed by atoms with E-state index in [2.05, 4.69) is 0 Å². The first-order valence-electron chi connectivity index (χ1n) is 5.08. The third-order valence-electron chi connectivity index (χ3n) is 2.15. The number of halogens is 2. The average Bonchev–Trinajstić information content (AvgIpc) is 2.26. The summed E-state index contributed by atoms with van der Waals surface area (Å²) in [6, 6.07) is 3.26. The molecule has 0 aliphatic rings. The molecule has 0 aliphatic carbocycles. The predicted octanol–water partition coefficient (Wildman–Crippen LogP) is 2.07. The van der Waals surface area contributed by atoms with Gasteiger partial charge in [-0.2, -0.15) is 0 Å². The Labute approximate surface area is 103 Å². The van der Waals surface area contributed by atoms with Gasteiger partial charge in [0.15, 0.2) is 0 Å². The summed E-state index contributed by atoms with van der Waals surface area (Å²) in [4.78, 5) is 11.7. The van der Waals surface area contributed by atoms with E-state index < -0.39 is 16.9 Å². The smallest absolute Gasteiger partial charge is 0.247 e. The van der Waals surface area contributed by atoms with E-state index >= 15 is 0 Å². The summed E-state index contributed by atoms with van der Waals surface area (Å²) in [7, 11) is 0. The van der Waals surface area contributed by atoms with Gasteiger partial charge in [0, 0.05) is 11.0 Å². The summed E-state index contributed by atoms with van der Waals surface area (Å²) in [6.45, 7) is 3.66. The second kappa shape index (κ2) is 5.97. The Morgan fingerprint density at radius 2 is 2.06 bits per heavy atom. The number of benzene rings is 1. The van der Waals surface area contributed by atoms with Gasteiger partial charge in [-0.15, -0.1) is 11.8 Å². The van der Waals surface area contributed by atoms with E-state index in [1.165, 1.54) is 6.07 Å². The molecule has 0 fully saturated rings. The standard InChI is InChI=1S/C11H14F2N2OS/c1-6(2)10(11(16)15-14)17-9-4-3-7(12)5-8(9)13/h3-6,10H,14H2,1-2H3,(H,15,16). The van der Waals surface area contributed by atoms with Gasteiger partial charge >= 0.3 is 0 Å². The van der Waals surface area contributed by atoms with Crippen LogP contribution in [0.5, 0.6) is 0 Å². The molecule has 1 rings (SSSR count). The fraction of sp³-hybridized carbons (Fsp3) is 0.364. The molecule has 3 nitrogen and oxygen atoms in total. The summed E-state index contributed by atoms with van der Waals surface area (Å²) in [6.07, 6.45) is 0. The van der Waals surface area contributed by atoms with Crippen molar-refractivity contribution in [1.82, 2.24) is 5.43 Å². The Hall–Kier alpha value is -1.14. The van der Waals surface area contributed by atoms with Crippen LogP contribution in [0.1, 0.15) is 13.8 Å². The topological polar surface area (TPSA) is 55.1 Å². The Kier molecular flexibility index (Phi) is 4.89. The number of carbonyl (C=O) groups is 1. The van der Waals surface area contributed by atoms with Crippen molar-refractivity contribution in [3.05, 3.63) is 29.8 Å². The van der Waals surface area contributed by atoms with Crippen LogP contribution in [-0.4, -0.2) is 11.2 Å². The van der Waals surface area contributed by atoms with Crippen LogP contribution in [-0.2, 0) is 4.79 Å². The molecule has 1 unspecified atom stereocenters. The third-order valence-corrected chi connectivity index (χ3v) is 3.75. The molecule has 0 saturated heterocycles. The largest absolute Gasteiger partial charge is 0.293 e. The van der Waals surface area contributed by atoms with Gasteiger partial charge in [0.1, 0.15) is 11.6 Å². The highest BCUT2D eigenvalue weighted by molar-refractivity contribution is 8.00. The fourth-order valence-corrected chi connectivity index (χ4v) is 2.32. The molecule has 0 radical (unpaired) electrons. The molecule has 1 atom stereocenters. The SMILES string of the molecule is CC(C)C(Sc1ccc(F)cc1F)C(=O)NN. The Balaban J connectivity index is 2.90. The summed E-state index contributed by atoms with van der Waals surface area (Å²) in [5, 5.41) is -0.514. The molecule has 1 aromatic carbocycles. The van der Waals surface area contributed by atoms with Gasteiger partial charge in [-0.3, -0.25) is 10.2 Å². The van der Waals surface area contributed by atoms with E-state index in [1.807, 2.05) is 19.3 Å². The van der Waals surface area contributed by atoms with Crippen LogP contribution in [0.3, 0.4) is 0 Å². The lowest BCUT2D eigenvalue weighted by Crippen LogP contribution is -2.40. The molecule has 0 aliphatic heterocycles. The minimum Gasteiger partial charge on any atom is -0.293 e. The number of thioether (sulfide) groups is 1. The van der Waals surface area contributed by atoms with Crippen LogP contribution < -0.4 is 11.3 Å².